The van der Waals surface area contributed by atoms with Crippen molar-refractivity contribution in [2.75, 3.05) is 16.8 Å². The number of halogens is 1. The highest BCUT2D eigenvalue weighted by molar-refractivity contribution is 6.30. The minimum absolute atomic E-state index is 0.103. The molecule has 1 aliphatic rings. The molecule has 1 aliphatic heterocycles. The lowest BCUT2D eigenvalue weighted by Crippen LogP contribution is -2.41. The summed E-state index contributed by atoms with van der Waals surface area (Å²) in [5.41, 5.74) is 0.578. The van der Waals surface area contributed by atoms with Crippen LogP contribution in [-0.4, -0.2) is 34.7 Å². The SMILES string of the molecule is CC(C)(CO)c1cc(NC(=O)C2CCC(=O)N2c2ccc(Cl)cc2)on1. The van der Waals surface area contributed by atoms with Crippen molar-refractivity contribution in [3.8, 4) is 0 Å². The Labute approximate surface area is 155 Å². The van der Waals surface area contributed by atoms with Crippen LogP contribution in [0.1, 0.15) is 32.4 Å². The summed E-state index contributed by atoms with van der Waals surface area (Å²) in [6, 6.07) is 7.72. The normalized spacial score (nSPS) is 17.6. The molecule has 2 N–H and O–H groups in total. The second-order valence-electron chi connectivity index (χ2n) is 6.90. The number of carbonyl (C=O) groups excluding carboxylic acids is 2. The molecule has 8 heteroatoms. The van der Waals surface area contributed by atoms with Gasteiger partial charge in [0.1, 0.15) is 6.04 Å². The minimum atomic E-state index is -0.636. The molecule has 1 fully saturated rings. The standard InChI is InChI=1S/C18H20ClN3O4/c1-18(2,10-23)14-9-15(26-21-14)20-17(25)13-7-8-16(24)22(13)12-5-3-11(19)4-6-12/h3-6,9,13,23H,7-8,10H2,1-2H3,(H,20,25). The fourth-order valence-electron chi connectivity index (χ4n) is 2.80. The summed E-state index contributed by atoms with van der Waals surface area (Å²) in [6.45, 7) is 3.52. The molecule has 1 aromatic carbocycles. The maximum atomic E-state index is 12.7. The van der Waals surface area contributed by atoms with Gasteiger partial charge in [0.2, 0.25) is 17.7 Å². The topological polar surface area (TPSA) is 95.7 Å². The van der Waals surface area contributed by atoms with Gasteiger partial charge in [-0.25, -0.2) is 0 Å². The molecular weight excluding hydrogens is 358 g/mol. The Balaban J connectivity index is 1.76. The van der Waals surface area contributed by atoms with Gasteiger partial charge in [0, 0.05) is 28.6 Å². The molecule has 1 aromatic heterocycles. The third kappa shape index (κ3) is 3.59. The number of carbonyl (C=O) groups is 2. The summed E-state index contributed by atoms with van der Waals surface area (Å²) in [4.78, 5) is 26.4. The highest BCUT2D eigenvalue weighted by atomic mass is 35.5. The van der Waals surface area contributed by atoms with Gasteiger partial charge in [0.15, 0.2) is 0 Å². The van der Waals surface area contributed by atoms with E-state index >= 15 is 0 Å². The Morgan fingerprint density at radius 2 is 2.12 bits per heavy atom. The average Bonchev–Trinajstić information content (AvgIpc) is 3.23. The van der Waals surface area contributed by atoms with E-state index in [0.29, 0.717) is 29.2 Å². The first-order chi connectivity index (χ1) is 12.3. The quantitative estimate of drug-likeness (QED) is 0.835. The molecular formula is C18H20ClN3O4. The van der Waals surface area contributed by atoms with Crippen LogP contribution in [0.3, 0.4) is 0 Å². The molecule has 1 unspecified atom stereocenters. The summed E-state index contributed by atoms with van der Waals surface area (Å²) >= 11 is 5.89. The number of aliphatic hydroxyl groups excluding tert-OH is 1. The fraction of sp³-hybridized carbons (Fsp3) is 0.389. The first kappa shape index (κ1) is 18.4. The summed E-state index contributed by atoms with van der Waals surface area (Å²) < 4.78 is 5.15. The van der Waals surface area contributed by atoms with Crippen molar-refractivity contribution in [3.63, 3.8) is 0 Å². The van der Waals surface area contributed by atoms with Crippen LogP contribution in [0.2, 0.25) is 5.02 Å². The molecule has 2 aromatic rings. The Hall–Kier alpha value is -2.38. The average molecular weight is 378 g/mol. The van der Waals surface area contributed by atoms with E-state index in [-0.39, 0.29) is 24.3 Å². The summed E-state index contributed by atoms with van der Waals surface area (Å²) in [5, 5.41) is 16.5. The highest BCUT2D eigenvalue weighted by Crippen LogP contribution is 2.29. The Bertz CT molecular complexity index is 816. The number of anilines is 2. The monoisotopic (exact) mass is 377 g/mol. The second kappa shape index (κ2) is 7.09. The molecule has 0 radical (unpaired) electrons. The number of nitrogens with zero attached hydrogens (tertiary/aromatic N) is 2. The Morgan fingerprint density at radius 3 is 2.77 bits per heavy atom. The largest absolute Gasteiger partial charge is 0.395 e. The van der Waals surface area contributed by atoms with Gasteiger partial charge >= 0.3 is 0 Å². The van der Waals surface area contributed by atoms with Crippen molar-refractivity contribution < 1.29 is 19.2 Å². The molecule has 2 amide bonds. The van der Waals surface area contributed by atoms with E-state index in [9.17, 15) is 14.7 Å². The predicted molar refractivity (Wildman–Crippen MR) is 97.2 cm³/mol. The van der Waals surface area contributed by atoms with E-state index in [4.69, 9.17) is 16.1 Å². The van der Waals surface area contributed by atoms with Crippen LogP contribution in [0.5, 0.6) is 0 Å². The zero-order valence-electron chi connectivity index (χ0n) is 14.5. The van der Waals surface area contributed by atoms with Gasteiger partial charge in [-0.3, -0.25) is 19.8 Å². The predicted octanol–water partition coefficient (Wildman–Crippen LogP) is 2.73. The number of amides is 2. The molecule has 1 atom stereocenters. The molecule has 0 spiro atoms. The van der Waals surface area contributed by atoms with Crippen LogP contribution in [-0.2, 0) is 15.0 Å². The highest BCUT2D eigenvalue weighted by Gasteiger charge is 2.37. The number of hydrogen-bond acceptors (Lipinski definition) is 5. The van der Waals surface area contributed by atoms with E-state index in [2.05, 4.69) is 10.5 Å². The van der Waals surface area contributed by atoms with Gasteiger partial charge < -0.3 is 9.63 Å². The van der Waals surface area contributed by atoms with Crippen LogP contribution in [0.4, 0.5) is 11.6 Å². The molecule has 0 bridgehead atoms. The Morgan fingerprint density at radius 1 is 1.42 bits per heavy atom. The molecule has 138 valence electrons. The first-order valence-electron chi connectivity index (χ1n) is 8.28. The van der Waals surface area contributed by atoms with Gasteiger partial charge in [-0.05, 0) is 30.7 Å². The van der Waals surface area contributed by atoms with Crippen LogP contribution >= 0.6 is 11.6 Å². The van der Waals surface area contributed by atoms with Crippen molar-refractivity contribution in [1.29, 1.82) is 0 Å². The van der Waals surface area contributed by atoms with Gasteiger partial charge in [-0.15, -0.1) is 0 Å². The zero-order chi connectivity index (χ0) is 18.9. The molecule has 26 heavy (non-hydrogen) atoms. The van der Waals surface area contributed by atoms with Crippen LogP contribution in [0, 0.1) is 0 Å². The van der Waals surface area contributed by atoms with Gasteiger partial charge in [0.05, 0.1) is 12.3 Å². The van der Waals surface area contributed by atoms with Gasteiger partial charge in [-0.2, -0.15) is 0 Å². The van der Waals surface area contributed by atoms with Crippen molar-refractivity contribution in [1.82, 2.24) is 5.16 Å². The summed E-state index contributed by atoms with van der Waals surface area (Å²) in [5.74, 6) is -0.288. The van der Waals surface area contributed by atoms with Crippen molar-refractivity contribution in [2.45, 2.75) is 38.1 Å². The number of aliphatic hydroxyl groups is 1. The van der Waals surface area contributed by atoms with Crippen LogP contribution in [0.15, 0.2) is 34.9 Å². The number of benzene rings is 1. The number of aromatic nitrogens is 1. The number of nitrogens with one attached hydrogen (secondary N) is 1. The minimum Gasteiger partial charge on any atom is -0.395 e. The Kier molecular flexibility index (Phi) is 5.02. The lowest BCUT2D eigenvalue weighted by atomic mass is 9.91. The molecule has 0 aliphatic carbocycles. The van der Waals surface area contributed by atoms with Crippen molar-refractivity contribution >= 4 is 35.0 Å². The van der Waals surface area contributed by atoms with Crippen molar-refractivity contribution in [2.24, 2.45) is 0 Å². The molecule has 3 rings (SSSR count). The maximum Gasteiger partial charge on any atom is 0.249 e. The third-order valence-corrected chi connectivity index (χ3v) is 4.72. The number of rotatable bonds is 5. The lowest BCUT2D eigenvalue weighted by molar-refractivity contribution is -0.120. The van der Waals surface area contributed by atoms with E-state index in [1.165, 1.54) is 4.90 Å². The smallest absolute Gasteiger partial charge is 0.249 e. The first-order valence-corrected chi connectivity index (χ1v) is 8.66. The third-order valence-electron chi connectivity index (χ3n) is 4.46. The van der Waals surface area contributed by atoms with Crippen LogP contribution in [0.25, 0.3) is 0 Å². The lowest BCUT2D eigenvalue weighted by Gasteiger charge is -2.23. The molecule has 2 heterocycles. The van der Waals surface area contributed by atoms with E-state index < -0.39 is 11.5 Å². The maximum absolute atomic E-state index is 12.7. The molecule has 1 saturated heterocycles. The van der Waals surface area contributed by atoms with Crippen molar-refractivity contribution in [3.05, 3.63) is 41.0 Å². The molecule has 7 nitrogen and oxygen atoms in total. The van der Waals surface area contributed by atoms with Gasteiger partial charge in [0.25, 0.3) is 0 Å². The van der Waals surface area contributed by atoms with Gasteiger partial charge in [-0.1, -0.05) is 30.6 Å². The summed E-state index contributed by atoms with van der Waals surface area (Å²) in [7, 11) is 0. The second-order valence-corrected chi connectivity index (χ2v) is 7.34. The zero-order valence-corrected chi connectivity index (χ0v) is 15.3. The van der Waals surface area contributed by atoms with E-state index in [1.54, 1.807) is 30.3 Å². The fourth-order valence-corrected chi connectivity index (χ4v) is 2.92. The summed E-state index contributed by atoms with van der Waals surface area (Å²) in [6.07, 6.45) is 0.705. The van der Waals surface area contributed by atoms with E-state index in [0.717, 1.165) is 0 Å². The van der Waals surface area contributed by atoms with E-state index in [1.807, 2.05) is 13.8 Å². The van der Waals surface area contributed by atoms with Crippen LogP contribution < -0.4 is 10.2 Å². The molecule has 0 saturated carbocycles. The number of hydrogen-bond donors (Lipinski definition) is 2.